The number of hydrogen-bond acceptors (Lipinski definition) is 2. The lowest BCUT2D eigenvalue weighted by molar-refractivity contribution is 0.0851. The van der Waals surface area contributed by atoms with Gasteiger partial charge < -0.3 is 4.43 Å². The van der Waals surface area contributed by atoms with Gasteiger partial charge in [0.15, 0.2) is 0 Å². The van der Waals surface area contributed by atoms with Gasteiger partial charge in [-0.05, 0) is 84.9 Å². The molecule has 0 amide bonds. The molecule has 0 bridgehead atoms. The van der Waals surface area contributed by atoms with Crippen molar-refractivity contribution in [3.8, 4) is 5.75 Å². The van der Waals surface area contributed by atoms with Crippen LogP contribution in [0.25, 0.3) is 0 Å². The number of piperidine rings is 1. The summed E-state index contributed by atoms with van der Waals surface area (Å²) in [5.74, 6) is 2.04. The Bertz CT molecular complexity index is 630. The van der Waals surface area contributed by atoms with Crippen molar-refractivity contribution in [3.05, 3.63) is 29.3 Å². The monoisotopic (exact) mass is 401 g/mol. The lowest BCUT2D eigenvalue weighted by Gasteiger charge is -2.46. The Kier molecular flexibility index (Phi) is 6.97. The van der Waals surface area contributed by atoms with E-state index < -0.39 is 8.32 Å². The molecular weight excluding hydrogens is 358 g/mol. The largest absolute Gasteiger partial charge is 0.542 e. The number of hydrogen-bond donors (Lipinski definition) is 0. The molecule has 3 rings (SSSR count). The number of rotatable bonds is 7. The van der Waals surface area contributed by atoms with Crippen molar-refractivity contribution in [2.75, 3.05) is 13.1 Å². The summed E-state index contributed by atoms with van der Waals surface area (Å²) in [7, 11) is -1.91. The molecule has 0 spiro atoms. The molecule has 1 aliphatic heterocycles. The van der Waals surface area contributed by atoms with Crippen LogP contribution in [0.2, 0.25) is 16.6 Å². The minimum Gasteiger partial charge on any atom is -0.542 e. The smallest absolute Gasteiger partial charge is 0.258 e. The number of nitrogens with zero attached hydrogens (tertiary/aromatic N) is 1. The zero-order chi connectivity index (χ0) is 20.5. The molecule has 0 N–H and O–H groups in total. The summed E-state index contributed by atoms with van der Waals surface area (Å²) in [4.78, 5) is 2.78. The van der Waals surface area contributed by atoms with Crippen LogP contribution in [0.5, 0.6) is 5.75 Å². The fourth-order valence-corrected chi connectivity index (χ4v) is 11.8. The average Bonchev–Trinajstić information content (AvgIpc) is 2.64. The highest BCUT2D eigenvalue weighted by atomic mass is 28.4. The Labute approximate surface area is 175 Å². The van der Waals surface area contributed by atoms with Gasteiger partial charge in [0.25, 0.3) is 8.32 Å². The van der Waals surface area contributed by atoms with Crippen LogP contribution in [-0.2, 0) is 12.8 Å². The van der Waals surface area contributed by atoms with Gasteiger partial charge in [-0.3, -0.25) is 4.90 Å². The van der Waals surface area contributed by atoms with Crippen LogP contribution in [0.15, 0.2) is 18.2 Å². The second-order valence-electron chi connectivity index (χ2n) is 10.2. The topological polar surface area (TPSA) is 12.5 Å². The molecule has 1 fully saturated rings. The molecule has 0 unspecified atom stereocenters. The van der Waals surface area contributed by atoms with E-state index in [-0.39, 0.29) is 0 Å². The Hall–Kier alpha value is -0.803. The van der Waals surface area contributed by atoms with Crippen LogP contribution in [0.3, 0.4) is 0 Å². The normalized spacial score (nSPS) is 23.2. The van der Waals surface area contributed by atoms with Crippen LogP contribution < -0.4 is 4.43 Å². The van der Waals surface area contributed by atoms with E-state index in [9.17, 15) is 0 Å². The first-order chi connectivity index (χ1) is 13.3. The maximum absolute atomic E-state index is 7.16. The SMILES string of the molecule is CCCN1CCC[C@@H]2Cc3c(cccc3O[Si](C(C)C)(C(C)C)C(C)C)C[C@H]21. The number of fused-ring (bicyclic) bond motifs is 2. The molecule has 0 saturated carbocycles. The van der Waals surface area contributed by atoms with Crippen molar-refractivity contribution >= 4 is 8.32 Å². The van der Waals surface area contributed by atoms with Gasteiger partial charge in [0, 0.05) is 6.04 Å². The van der Waals surface area contributed by atoms with Crippen LogP contribution >= 0.6 is 0 Å². The minimum atomic E-state index is -1.91. The highest BCUT2D eigenvalue weighted by molar-refractivity contribution is 6.78. The summed E-state index contributed by atoms with van der Waals surface area (Å²) in [5.41, 5.74) is 4.96. The van der Waals surface area contributed by atoms with Crippen molar-refractivity contribution in [2.45, 2.75) is 103 Å². The van der Waals surface area contributed by atoms with E-state index >= 15 is 0 Å². The standard InChI is InChI=1S/C25H43NOSi/c1-8-14-26-15-10-12-22-16-23-21(17-24(22)26)11-9-13-25(23)27-28(18(2)3,19(4)5)20(6)7/h9,11,13,18-20,22,24H,8,10,12,14-17H2,1-7H3/t22-,24-/m1/s1. The van der Waals surface area contributed by atoms with E-state index in [4.69, 9.17) is 4.43 Å². The molecule has 3 heteroatoms. The van der Waals surface area contributed by atoms with E-state index in [0.29, 0.717) is 16.6 Å². The lowest BCUT2D eigenvalue weighted by atomic mass is 9.75. The quantitative estimate of drug-likeness (QED) is 0.464. The van der Waals surface area contributed by atoms with Gasteiger partial charge in [-0.1, -0.05) is 60.6 Å². The van der Waals surface area contributed by atoms with Gasteiger partial charge in [-0.2, -0.15) is 0 Å². The first-order valence-corrected chi connectivity index (χ1v) is 14.0. The molecule has 0 radical (unpaired) electrons. The van der Waals surface area contributed by atoms with Crippen LogP contribution in [0.1, 0.15) is 78.9 Å². The molecule has 28 heavy (non-hydrogen) atoms. The van der Waals surface area contributed by atoms with Crippen LogP contribution in [-0.4, -0.2) is 32.3 Å². The fourth-order valence-electron chi connectivity index (χ4n) is 6.47. The van der Waals surface area contributed by atoms with Crippen LogP contribution in [0.4, 0.5) is 0 Å². The van der Waals surface area contributed by atoms with E-state index in [0.717, 1.165) is 12.0 Å². The first-order valence-electron chi connectivity index (χ1n) is 11.8. The van der Waals surface area contributed by atoms with Gasteiger partial charge in [0.1, 0.15) is 5.75 Å². The van der Waals surface area contributed by atoms with Gasteiger partial charge >= 0.3 is 0 Å². The van der Waals surface area contributed by atoms with Gasteiger partial charge in [-0.15, -0.1) is 0 Å². The summed E-state index contributed by atoms with van der Waals surface area (Å²) in [6.45, 7) is 19.2. The molecule has 2 nitrogen and oxygen atoms in total. The predicted octanol–water partition coefficient (Wildman–Crippen LogP) is 6.83. The van der Waals surface area contributed by atoms with E-state index in [1.54, 1.807) is 11.1 Å². The second-order valence-corrected chi connectivity index (χ2v) is 15.6. The van der Waals surface area contributed by atoms with Crippen molar-refractivity contribution in [2.24, 2.45) is 5.92 Å². The summed E-state index contributed by atoms with van der Waals surface area (Å²) in [5, 5.41) is 0. The fraction of sp³-hybridized carbons (Fsp3) is 0.760. The molecule has 2 aliphatic rings. The predicted molar refractivity (Wildman–Crippen MR) is 124 cm³/mol. The van der Waals surface area contributed by atoms with Crippen molar-refractivity contribution in [1.82, 2.24) is 4.90 Å². The van der Waals surface area contributed by atoms with E-state index in [2.05, 4.69) is 71.6 Å². The average molecular weight is 402 g/mol. The Morgan fingerprint density at radius 2 is 1.71 bits per heavy atom. The molecular formula is C25H43NOSi. The van der Waals surface area contributed by atoms with Crippen molar-refractivity contribution in [3.63, 3.8) is 0 Å². The van der Waals surface area contributed by atoms with Crippen LogP contribution in [0, 0.1) is 5.92 Å². The summed E-state index contributed by atoms with van der Waals surface area (Å²) < 4.78 is 7.16. The molecule has 2 atom stereocenters. The minimum absolute atomic E-state index is 0.620. The molecule has 1 aromatic rings. The summed E-state index contributed by atoms with van der Waals surface area (Å²) in [6.07, 6.45) is 6.46. The van der Waals surface area contributed by atoms with E-state index in [1.807, 2.05) is 0 Å². The Morgan fingerprint density at radius 3 is 2.32 bits per heavy atom. The number of likely N-dealkylation sites (tertiary alicyclic amines) is 1. The zero-order valence-corrected chi connectivity index (χ0v) is 20.4. The molecule has 1 aliphatic carbocycles. The maximum atomic E-state index is 7.16. The summed E-state index contributed by atoms with van der Waals surface area (Å²) >= 11 is 0. The molecule has 1 aromatic carbocycles. The van der Waals surface area contributed by atoms with Gasteiger partial charge in [0.2, 0.25) is 0 Å². The van der Waals surface area contributed by atoms with Gasteiger partial charge in [0.05, 0.1) is 0 Å². The third kappa shape index (κ3) is 3.94. The lowest BCUT2D eigenvalue weighted by Crippen LogP contribution is -2.51. The third-order valence-electron chi connectivity index (χ3n) is 7.66. The highest BCUT2D eigenvalue weighted by Crippen LogP contribution is 2.45. The second kappa shape index (κ2) is 8.91. The zero-order valence-electron chi connectivity index (χ0n) is 19.4. The highest BCUT2D eigenvalue weighted by Gasteiger charge is 2.47. The van der Waals surface area contributed by atoms with Crippen molar-refractivity contribution < 1.29 is 4.43 Å². The van der Waals surface area contributed by atoms with Crippen molar-refractivity contribution in [1.29, 1.82) is 0 Å². The van der Waals surface area contributed by atoms with Gasteiger partial charge in [-0.25, -0.2) is 0 Å². The third-order valence-corrected chi connectivity index (χ3v) is 13.7. The Morgan fingerprint density at radius 1 is 1.04 bits per heavy atom. The first kappa shape index (κ1) is 21.9. The maximum Gasteiger partial charge on any atom is 0.258 e. The van der Waals surface area contributed by atoms with E-state index in [1.165, 1.54) is 50.9 Å². The number of benzene rings is 1. The molecule has 1 heterocycles. The molecule has 0 aromatic heterocycles. The summed E-state index contributed by atoms with van der Waals surface area (Å²) in [6, 6.07) is 7.65. The molecule has 1 saturated heterocycles. The Balaban J connectivity index is 1.94. The molecule has 158 valence electrons.